The van der Waals surface area contributed by atoms with Gasteiger partial charge in [0.1, 0.15) is 0 Å². The van der Waals surface area contributed by atoms with E-state index in [0.717, 1.165) is 29.2 Å². The molecule has 0 aliphatic heterocycles. The molecule has 0 aliphatic rings. The molecule has 0 saturated heterocycles. The van der Waals surface area contributed by atoms with Gasteiger partial charge in [0.15, 0.2) is 11.4 Å². The van der Waals surface area contributed by atoms with E-state index in [2.05, 4.69) is 11.9 Å². The fraction of sp³-hybridized carbons (Fsp3) is 0.417. The van der Waals surface area contributed by atoms with Crippen LogP contribution < -0.4 is 4.74 Å². The number of pyridine rings is 1. The smallest absolute Gasteiger partial charge is 0.180 e. The minimum Gasteiger partial charge on any atom is -0.490 e. The minimum atomic E-state index is -0.00969. The van der Waals surface area contributed by atoms with Gasteiger partial charge >= 0.3 is 0 Å². The van der Waals surface area contributed by atoms with Crippen LogP contribution >= 0.6 is 0 Å². The van der Waals surface area contributed by atoms with E-state index < -0.39 is 0 Å². The fourth-order valence-corrected chi connectivity index (χ4v) is 1.72. The van der Waals surface area contributed by atoms with Gasteiger partial charge in [0, 0.05) is 6.20 Å². The predicted octanol–water partition coefficient (Wildman–Crippen LogP) is 1.92. The van der Waals surface area contributed by atoms with Crippen molar-refractivity contribution in [3.8, 4) is 5.75 Å². The molecule has 0 unspecified atom stereocenters. The molecule has 0 radical (unpaired) electrons. The van der Waals surface area contributed by atoms with Gasteiger partial charge in [0.2, 0.25) is 0 Å². The maximum absolute atomic E-state index is 9.27. The van der Waals surface area contributed by atoms with Crippen molar-refractivity contribution in [2.75, 3.05) is 6.61 Å². The largest absolute Gasteiger partial charge is 0.490 e. The molecule has 86 valence electrons. The molecule has 4 heteroatoms. The summed E-state index contributed by atoms with van der Waals surface area (Å²) in [6, 6.07) is 3.80. The Hall–Kier alpha value is -1.55. The van der Waals surface area contributed by atoms with E-state index in [1.807, 2.05) is 29.7 Å². The molecule has 2 aromatic rings. The monoisotopic (exact) mass is 220 g/mol. The zero-order chi connectivity index (χ0) is 11.5. The number of nitrogens with zero attached hydrogens (tertiary/aromatic N) is 2. The van der Waals surface area contributed by atoms with E-state index in [-0.39, 0.29) is 6.61 Å². The van der Waals surface area contributed by atoms with Gasteiger partial charge in [-0.25, -0.2) is 4.98 Å². The van der Waals surface area contributed by atoms with E-state index in [9.17, 15) is 5.11 Å². The van der Waals surface area contributed by atoms with Crippen LogP contribution in [0.2, 0.25) is 0 Å². The van der Waals surface area contributed by atoms with Gasteiger partial charge in [-0.2, -0.15) is 0 Å². The number of hydrogen-bond donors (Lipinski definition) is 1. The van der Waals surface area contributed by atoms with E-state index in [0.29, 0.717) is 6.61 Å². The van der Waals surface area contributed by atoms with Crippen molar-refractivity contribution in [1.29, 1.82) is 0 Å². The lowest BCUT2D eigenvalue weighted by Crippen LogP contribution is -1.99. The van der Waals surface area contributed by atoms with Crippen LogP contribution in [0.5, 0.6) is 5.75 Å². The van der Waals surface area contributed by atoms with Crippen LogP contribution in [0, 0.1) is 6.92 Å². The number of imidazole rings is 1. The number of aryl methyl sites for hydroxylation is 1. The molecule has 2 rings (SSSR count). The summed E-state index contributed by atoms with van der Waals surface area (Å²) < 4.78 is 7.49. The van der Waals surface area contributed by atoms with E-state index in [1.54, 1.807) is 0 Å². The molecular weight excluding hydrogens is 204 g/mol. The Balaban J connectivity index is 2.51. The molecular formula is C12H16N2O2. The zero-order valence-corrected chi connectivity index (χ0v) is 9.60. The second-order valence-electron chi connectivity index (χ2n) is 3.72. The fourth-order valence-electron chi connectivity index (χ4n) is 1.72. The average molecular weight is 220 g/mol. The molecule has 4 nitrogen and oxygen atoms in total. The lowest BCUT2D eigenvalue weighted by atomic mass is 10.3. The minimum absolute atomic E-state index is 0.00969. The van der Waals surface area contributed by atoms with Crippen LogP contribution in [0.15, 0.2) is 18.3 Å². The standard InChI is InChI=1S/C12H16N2O2/c1-3-7-16-11-5-4-6-14-10(8-15)9(2)13-12(11)14/h4-6,15H,3,7-8H2,1-2H3. The van der Waals surface area contributed by atoms with Crippen molar-refractivity contribution in [3.63, 3.8) is 0 Å². The highest BCUT2D eigenvalue weighted by molar-refractivity contribution is 5.55. The Labute approximate surface area is 94.5 Å². The first-order valence-electron chi connectivity index (χ1n) is 5.48. The highest BCUT2D eigenvalue weighted by Crippen LogP contribution is 2.21. The van der Waals surface area contributed by atoms with Gasteiger partial charge in [-0.3, -0.25) is 4.40 Å². The number of rotatable bonds is 4. The van der Waals surface area contributed by atoms with Gasteiger partial charge in [-0.1, -0.05) is 6.92 Å². The molecule has 1 N–H and O–H groups in total. The molecule has 0 aromatic carbocycles. The average Bonchev–Trinajstić information content (AvgIpc) is 2.62. The summed E-state index contributed by atoms with van der Waals surface area (Å²) in [6.07, 6.45) is 2.85. The topological polar surface area (TPSA) is 46.8 Å². The first-order chi connectivity index (χ1) is 7.77. The number of ether oxygens (including phenoxy) is 1. The third-order valence-electron chi connectivity index (χ3n) is 2.52. The number of aromatic nitrogens is 2. The lowest BCUT2D eigenvalue weighted by molar-refractivity contribution is 0.274. The van der Waals surface area contributed by atoms with E-state index >= 15 is 0 Å². The Kier molecular flexibility index (Phi) is 3.10. The highest BCUT2D eigenvalue weighted by atomic mass is 16.5. The van der Waals surface area contributed by atoms with Crippen LogP contribution in [-0.4, -0.2) is 21.1 Å². The van der Waals surface area contributed by atoms with Crippen molar-refractivity contribution < 1.29 is 9.84 Å². The number of aliphatic hydroxyl groups excluding tert-OH is 1. The summed E-state index contributed by atoms with van der Waals surface area (Å²) in [5.74, 6) is 0.771. The van der Waals surface area contributed by atoms with Crippen LogP contribution in [0.3, 0.4) is 0 Å². The second-order valence-corrected chi connectivity index (χ2v) is 3.72. The summed E-state index contributed by atoms with van der Waals surface area (Å²) >= 11 is 0. The molecule has 0 aliphatic carbocycles. The number of fused-ring (bicyclic) bond motifs is 1. The van der Waals surface area contributed by atoms with Gasteiger partial charge < -0.3 is 9.84 Å². The Morgan fingerprint density at radius 1 is 1.50 bits per heavy atom. The molecule has 0 spiro atoms. The first-order valence-corrected chi connectivity index (χ1v) is 5.48. The summed E-state index contributed by atoms with van der Waals surface area (Å²) in [5.41, 5.74) is 2.43. The van der Waals surface area contributed by atoms with Gasteiger partial charge in [0.05, 0.1) is 24.6 Å². The molecule has 0 amide bonds. The normalized spacial score (nSPS) is 10.9. The molecule has 0 bridgehead atoms. The SMILES string of the molecule is CCCOc1cccn2c(CO)c(C)nc12. The molecule has 0 fully saturated rings. The molecule has 2 aromatic heterocycles. The highest BCUT2D eigenvalue weighted by Gasteiger charge is 2.11. The summed E-state index contributed by atoms with van der Waals surface area (Å²) in [7, 11) is 0. The summed E-state index contributed by atoms with van der Waals surface area (Å²) in [4.78, 5) is 4.41. The predicted molar refractivity (Wildman–Crippen MR) is 61.6 cm³/mol. The maximum Gasteiger partial charge on any atom is 0.180 e. The van der Waals surface area contributed by atoms with Crippen molar-refractivity contribution in [1.82, 2.24) is 9.38 Å². The lowest BCUT2D eigenvalue weighted by Gasteiger charge is -2.06. The molecule has 0 saturated carbocycles. The van der Waals surface area contributed by atoms with Crippen LogP contribution in [-0.2, 0) is 6.61 Å². The quantitative estimate of drug-likeness (QED) is 0.856. The van der Waals surface area contributed by atoms with E-state index in [4.69, 9.17) is 4.74 Å². The van der Waals surface area contributed by atoms with Gasteiger partial charge in [0.25, 0.3) is 0 Å². The maximum atomic E-state index is 9.27. The summed E-state index contributed by atoms with van der Waals surface area (Å²) in [5, 5.41) is 9.27. The Morgan fingerprint density at radius 2 is 2.31 bits per heavy atom. The molecule has 16 heavy (non-hydrogen) atoms. The van der Waals surface area contributed by atoms with Crippen molar-refractivity contribution in [2.45, 2.75) is 26.9 Å². The number of hydrogen-bond acceptors (Lipinski definition) is 3. The van der Waals surface area contributed by atoms with Crippen molar-refractivity contribution >= 4 is 5.65 Å². The van der Waals surface area contributed by atoms with E-state index in [1.165, 1.54) is 0 Å². The third kappa shape index (κ3) is 1.76. The first kappa shape index (κ1) is 11.0. The van der Waals surface area contributed by atoms with Crippen LogP contribution in [0.1, 0.15) is 24.7 Å². The third-order valence-corrected chi connectivity index (χ3v) is 2.52. The van der Waals surface area contributed by atoms with Crippen molar-refractivity contribution in [2.24, 2.45) is 0 Å². The number of aliphatic hydroxyl groups is 1. The zero-order valence-electron chi connectivity index (χ0n) is 9.60. The Bertz CT molecular complexity index is 491. The van der Waals surface area contributed by atoms with Crippen molar-refractivity contribution in [3.05, 3.63) is 29.7 Å². The molecule has 0 atom stereocenters. The Morgan fingerprint density at radius 3 is 3.00 bits per heavy atom. The van der Waals surface area contributed by atoms with Crippen LogP contribution in [0.4, 0.5) is 0 Å². The van der Waals surface area contributed by atoms with Gasteiger partial charge in [-0.15, -0.1) is 0 Å². The summed E-state index contributed by atoms with van der Waals surface area (Å²) in [6.45, 7) is 4.63. The molecule has 2 heterocycles. The van der Waals surface area contributed by atoms with Gasteiger partial charge in [-0.05, 0) is 25.5 Å². The second kappa shape index (κ2) is 4.53. The van der Waals surface area contributed by atoms with Crippen LogP contribution in [0.25, 0.3) is 5.65 Å².